The Kier molecular flexibility index (Phi) is 8.90. The number of unbranched alkanes of at least 4 members (excludes halogenated alkanes) is 4. The molecule has 2 heteroatoms. The van der Waals surface area contributed by atoms with E-state index in [0.29, 0.717) is 6.61 Å². The molecule has 0 N–H and O–H groups in total. The molecule has 28 heavy (non-hydrogen) atoms. The van der Waals surface area contributed by atoms with Crippen LogP contribution in [-0.4, -0.2) is 24.5 Å². The molecule has 1 heterocycles. The van der Waals surface area contributed by atoms with Crippen LogP contribution in [0.2, 0.25) is 0 Å². The van der Waals surface area contributed by atoms with E-state index in [4.69, 9.17) is 4.74 Å². The molecule has 1 saturated heterocycles. The molecule has 1 unspecified atom stereocenters. The van der Waals surface area contributed by atoms with Gasteiger partial charge in [0.2, 0.25) is 0 Å². The highest BCUT2D eigenvalue weighted by molar-refractivity contribution is 5.27. The summed E-state index contributed by atoms with van der Waals surface area (Å²) in [5, 5.41) is 0. The molecule has 2 nitrogen and oxygen atoms in total. The minimum absolute atomic E-state index is 0.635. The molecule has 0 radical (unpaired) electrons. The van der Waals surface area contributed by atoms with Crippen LogP contribution < -0.4 is 4.74 Å². The van der Waals surface area contributed by atoms with Crippen LogP contribution in [0.4, 0.5) is 0 Å². The predicted molar refractivity (Wildman–Crippen MR) is 119 cm³/mol. The molecule has 152 valence electrons. The fraction of sp³-hybridized carbons (Fsp3) is 0.538. The average Bonchev–Trinajstić information content (AvgIpc) is 2.73. The summed E-state index contributed by atoms with van der Waals surface area (Å²) < 4.78 is 5.87. The fourth-order valence-electron chi connectivity index (χ4n) is 4.18. The molecule has 1 fully saturated rings. The zero-order valence-electron chi connectivity index (χ0n) is 17.6. The average molecular weight is 380 g/mol. The van der Waals surface area contributed by atoms with Gasteiger partial charge in [0, 0.05) is 6.54 Å². The van der Waals surface area contributed by atoms with Crippen molar-refractivity contribution in [3.05, 3.63) is 65.7 Å². The zero-order valence-corrected chi connectivity index (χ0v) is 17.6. The Morgan fingerprint density at radius 3 is 2.39 bits per heavy atom. The van der Waals surface area contributed by atoms with Crippen molar-refractivity contribution in [2.75, 3.05) is 19.6 Å². The lowest BCUT2D eigenvalue weighted by atomic mass is 10.00. The Hall–Kier alpha value is -1.80. The van der Waals surface area contributed by atoms with Gasteiger partial charge < -0.3 is 9.64 Å². The lowest BCUT2D eigenvalue weighted by molar-refractivity contribution is 0.180. The number of hydrogen-bond donors (Lipinski definition) is 0. The first kappa shape index (κ1) is 20.9. The number of benzene rings is 2. The van der Waals surface area contributed by atoms with Crippen molar-refractivity contribution in [1.29, 1.82) is 0 Å². The largest absolute Gasteiger partial charge is 0.489 e. The van der Waals surface area contributed by atoms with E-state index >= 15 is 0 Å². The highest BCUT2D eigenvalue weighted by Gasteiger charge is 2.15. The third-order valence-corrected chi connectivity index (χ3v) is 5.85. The minimum atomic E-state index is 0.635. The highest BCUT2D eigenvalue weighted by Crippen LogP contribution is 2.18. The number of likely N-dealkylation sites (tertiary alicyclic amines) is 1. The second kappa shape index (κ2) is 11.9. The summed E-state index contributed by atoms with van der Waals surface area (Å²) in [5.41, 5.74) is 2.63. The molecule has 1 aliphatic rings. The van der Waals surface area contributed by atoms with Crippen LogP contribution in [0.3, 0.4) is 0 Å². The smallest absolute Gasteiger partial charge is 0.119 e. The molecule has 1 aliphatic heterocycles. The van der Waals surface area contributed by atoms with E-state index in [2.05, 4.69) is 60.4 Å². The van der Waals surface area contributed by atoms with Gasteiger partial charge in [0.25, 0.3) is 0 Å². The number of aryl methyl sites for hydroxylation is 1. The van der Waals surface area contributed by atoms with Crippen LogP contribution in [0.1, 0.15) is 63.0 Å². The first-order chi connectivity index (χ1) is 13.8. The van der Waals surface area contributed by atoms with E-state index in [1.165, 1.54) is 82.1 Å². The molecule has 0 bridgehead atoms. The van der Waals surface area contributed by atoms with Crippen molar-refractivity contribution < 1.29 is 4.74 Å². The SMILES string of the molecule is CC1CCCN(CCCCCCCc2ccc(OCc3ccccc3)cc2)C1. The van der Waals surface area contributed by atoms with E-state index < -0.39 is 0 Å². The molecular weight excluding hydrogens is 342 g/mol. The Morgan fingerprint density at radius 1 is 0.857 bits per heavy atom. The first-order valence-corrected chi connectivity index (χ1v) is 11.3. The minimum Gasteiger partial charge on any atom is -0.489 e. The van der Waals surface area contributed by atoms with Gasteiger partial charge in [-0.05, 0) is 74.4 Å². The Labute approximate surface area is 171 Å². The van der Waals surface area contributed by atoms with Crippen LogP contribution in [0.5, 0.6) is 5.75 Å². The molecule has 3 rings (SSSR count). The van der Waals surface area contributed by atoms with E-state index in [1.807, 2.05) is 6.07 Å². The van der Waals surface area contributed by atoms with E-state index in [1.54, 1.807) is 0 Å². The summed E-state index contributed by atoms with van der Waals surface area (Å²) in [6.07, 6.45) is 10.8. The van der Waals surface area contributed by atoms with Gasteiger partial charge in [-0.25, -0.2) is 0 Å². The Morgan fingerprint density at radius 2 is 1.61 bits per heavy atom. The number of nitrogens with zero attached hydrogens (tertiary/aromatic N) is 1. The van der Waals surface area contributed by atoms with Crippen molar-refractivity contribution in [3.63, 3.8) is 0 Å². The maximum Gasteiger partial charge on any atom is 0.119 e. The van der Waals surface area contributed by atoms with Gasteiger partial charge in [-0.3, -0.25) is 0 Å². The fourth-order valence-corrected chi connectivity index (χ4v) is 4.18. The van der Waals surface area contributed by atoms with Crippen molar-refractivity contribution in [2.45, 2.75) is 64.9 Å². The molecule has 0 spiro atoms. The van der Waals surface area contributed by atoms with Gasteiger partial charge in [-0.15, -0.1) is 0 Å². The molecule has 1 atom stereocenters. The second-order valence-corrected chi connectivity index (χ2v) is 8.48. The van der Waals surface area contributed by atoms with Gasteiger partial charge in [-0.2, -0.15) is 0 Å². The monoisotopic (exact) mass is 379 g/mol. The number of ether oxygens (including phenoxy) is 1. The number of rotatable bonds is 11. The first-order valence-electron chi connectivity index (χ1n) is 11.3. The quantitative estimate of drug-likeness (QED) is 0.414. The lowest BCUT2D eigenvalue weighted by Gasteiger charge is -2.30. The van der Waals surface area contributed by atoms with Crippen molar-refractivity contribution in [2.24, 2.45) is 5.92 Å². The van der Waals surface area contributed by atoms with E-state index in [9.17, 15) is 0 Å². The van der Waals surface area contributed by atoms with Crippen molar-refractivity contribution >= 4 is 0 Å². The molecule has 2 aromatic carbocycles. The van der Waals surface area contributed by atoms with Crippen LogP contribution in [0.15, 0.2) is 54.6 Å². The van der Waals surface area contributed by atoms with Crippen LogP contribution in [0, 0.1) is 5.92 Å². The third kappa shape index (κ3) is 7.67. The Balaban J connectivity index is 1.23. The maximum absolute atomic E-state index is 5.87. The van der Waals surface area contributed by atoms with Gasteiger partial charge in [0.05, 0.1) is 0 Å². The molecule has 0 amide bonds. The molecule has 0 aliphatic carbocycles. The van der Waals surface area contributed by atoms with Crippen molar-refractivity contribution in [3.8, 4) is 5.75 Å². The van der Waals surface area contributed by atoms with Gasteiger partial charge in [0.1, 0.15) is 12.4 Å². The van der Waals surface area contributed by atoms with Crippen LogP contribution >= 0.6 is 0 Å². The van der Waals surface area contributed by atoms with Gasteiger partial charge >= 0.3 is 0 Å². The molecule has 2 aromatic rings. The standard InChI is InChI=1S/C26H37NO/c1-23-11-10-20-27(21-23)19-9-4-2-3-6-12-24-15-17-26(18-16-24)28-22-25-13-7-5-8-14-25/h5,7-8,13-18,23H,2-4,6,9-12,19-22H2,1H3. The Bertz CT molecular complexity index is 652. The molecule has 0 saturated carbocycles. The topological polar surface area (TPSA) is 12.5 Å². The van der Waals surface area contributed by atoms with Gasteiger partial charge in [-0.1, -0.05) is 68.7 Å². The summed E-state index contributed by atoms with van der Waals surface area (Å²) in [6, 6.07) is 19.0. The number of piperidine rings is 1. The van der Waals surface area contributed by atoms with Crippen LogP contribution in [-0.2, 0) is 13.0 Å². The third-order valence-electron chi connectivity index (χ3n) is 5.85. The summed E-state index contributed by atoms with van der Waals surface area (Å²) in [7, 11) is 0. The second-order valence-electron chi connectivity index (χ2n) is 8.48. The summed E-state index contributed by atoms with van der Waals surface area (Å²) in [6.45, 7) is 7.00. The maximum atomic E-state index is 5.87. The van der Waals surface area contributed by atoms with E-state index in [0.717, 1.165) is 11.7 Å². The zero-order chi connectivity index (χ0) is 19.4. The van der Waals surface area contributed by atoms with Crippen molar-refractivity contribution in [1.82, 2.24) is 4.90 Å². The number of hydrogen-bond acceptors (Lipinski definition) is 2. The normalized spacial score (nSPS) is 17.5. The van der Waals surface area contributed by atoms with Gasteiger partial charge in [0.15, 0.2) is 0 Å². The lowest BCUT2D eigenvalue weighted by Crippen LogP contribution is -2.34. The van der Waals surface area contributed by atoms with Crippen LogP contribution in [0.25, 0.3) is 0 Å². The molecular formula is C26H37NO. The van der Waals surface area contributed by atoms with E-state index in [-0.39, 0.29) is 0 Å². The predicted octanol–water partition coefficient (Wildman–Crippen LogP) is 6.49. The summed E-state index contributed by atoms with van der Waals surface area (Å²) in [5.74, 6) is 1.86. The summed E-state index contributed by atoms with van der Waals surface area (Å²) >= 11 is 0. The summed E-state index contributed by atoms with van der Waals surface area (Å²) in [4.78, 5) is 2.68. The molecule has 0 aromatic heterocycles. The highest BCUT2D eigenvalue weighted by atomic mass is 16.5.